The van der Waals surface area contributed by atoms with E-state index in [0.29, 0.717) is 11.3 Å². The quantitative estimate of drug-likeness (QED) is 0.362. The van der Waals surface area contributed by atoms with E-state index in [-0.39, 0.29) is 12.0 Å². The van der Waals surface area contributed by atoms with Crippen molar-refractivity contribution >= 4 is 22.2 Å². The van der Waals surface area contributed by atoms with E-state index in [9.17, 15) is 4.39 Å². The van der Waals surface area contributed by atoms with Gasteiger partial charge < -0.3 is 4.74 Å². The highest BCUT2D eigenvalue weighted by Crippen LogP contribution is 2.49. The van der Waals surface area contributed by atoms with E-state index in [1.54, 1.807) is 6.07 Å². The average molecular weight is 389 g/mol. The maximum Gasteiger partial charge on any atom is 0.212 e. The Bertz CT molecular complexity index is 1250. The summed E-state index contributed by atoms with van der Waals surface area (Å²) in [7, 11) is 0. The first-order valence-electron chi connectivity index (χ1n) is 9.77. The Hall–Kier alpha value is -2.59. The SMILES string of the molecule is Cc1cc(F)c2c(c1)OC(c1ccc(C3CC3)s1)n1c-2cc2cc(C)ccc21. The Labute approximate surface area is 167 Å². The highest BCUT2D eigenvalue weighted by Gasteiger charge is 2.33. The molecule has 3 heterocycles. The molecule has 140 valence electrons. The van der Waals surface area contributed by atoms with E-state index in [1.807, 2.05) is 24.3 Å². The number of ether oxygens (including phenoxy) is 1. The van der Waals surface area contributed by atoms with Gasteiger partial charge >= 0.3 is 0 Å². The Balaban J connectivity index is 1.62. The number of benzene rings is 2. The highest BCUT2D eigenvalue weighted by molar-refractivity contribution is 7.12. The topological polar surface area (TPSA) is 14.2 Å². The van der Waals surface area contributed by atoms with Gasteiger partial charge in [0, 0.05) is 10.3 Å². The van der Waals surface area contributed by atoms with Crippen LogP contribution in [0.3, 0.4) is 0 Å². The third-order valence-electron chi connectivity index (χ3n) is 5.79. The number of fused-ring (bicyclic) bond motifs is 5. The summed E-state index contributed by atoms with van der Waals surface area (Å²) >= 11 is 1.83. The minimum Gasteiger partial charge on any atom is -0.464 e. The summed E-state index contributed by atoms with van der Waals surface area (Å²) in [5, 5.41) is 1.12. The molecule has 2 aromatic heterocycles. The van der Waals surface area contributed by atoms with Crippen LogP contribution in [0.25, 0.3) is 22.2 Å². The number of nitrogens with zero attached hydrogens (tertiary/aromatic N) is 1. The van der Waals surface area contributed by atoms with Crippen molar-refractivity contribution in [2.24, 2.45) is 0 Å². The van der Waals surface area contributed by atoms with Crippen LogP contribution in [-0.4, -0.2) is 4.57 Å². The second-order valence-corrected chi connectivity index (χ2v) is 9.21. The molecule has 1 aliphatic heterocycles. The van der Waals surface area contributed by atoms with Gasteiger partial charge in [-0.1, -0.05) is 11.6 Å². The van der Waals surface area contributed by atoms with Gasteiger partial charge in [-0.05, 0) is 80.6 Å². The van der Waals surface area contributed by atoms with Gasteiger partial charge in [-0.25, -0.2) is 4.39 Å². The maximum absolute atomic E-state index is 15.0. The monoisotopic (exact) mass is 389 g/mol. The van der Waals surface area contributed by atoms with Crippen molar-refractivity contribution in [2.45, 2.75) is 38.8 Å². The van der Waals surface area contributed by atoms with Crippen LogP contribution in [0.2, 0.25) is 0 Å². The third-order valence-corrected chi connectivity index (χ3v) is 7.07. The van der Waals surface area contributed by atoms with Gasteiger partial charge in [-0.15, -0.1) is 11.3 Å². The van der Waals surface area contributed by atoms with Crippen molar-refractivity contribution in [2.75, 3.05) is 0 Å². The Kier molecular flexibility index (Phi) is 3.34. The number of aromatic nitrogens is 1. The summed E-state index contributed by atoms with van der Waals surface area (Å²) in [6, 6.07) is 16.5. The molecule has 0 bridgehead atoms. The van der Waals surface area contributed by atoms with Crippen LogP contribution in [0.15, 0.2) is 48.5 Å². The zero-order valence-corrected chi connectivity index (χ0v) is 16.6. The molecule has 1 aliphatic carbocycles. The minimum absolute atomic E-state index is 0.223. The molecule has 2 nitrogen and oxygen atoms in total. The van der Waals surface area contributed by atoms with Crippen LogP contribution < -0.4 is 4.74 Å². The Morgan fingerprint density at radius 2 is 1.79 bits per heavy atom. The largest absolute Gasteiger partial charge is 0.464 e. The fourth-order valence-corrected chi connectivity index (χ4v) is 5.50. The van der Waals surface area contributed by atoms with E-state index in [2.05, 4.69) is 47.9 Å². The lowest BCUT2D eigenvalue weighted by molar-refractivity contribution is 0.176. The summed E-state index contributed by atoms with van der Waals surface area (Å²) < 4.78 is 23.6. The molecular weight excluding hydrogens is 369 g/mol. The lowest BCUT2D eigenvalue weighted by Crippen LogP contribution is -2.22. The number of aryl methyl sites for hydroxylation is 2. The first kappa shape index (κ1) is 16.4. The molecule has 0 radical (unpaired) electrons. The van der Waals surface area contributed by atoms with Gasteiger partial charge in [0.1, 0.15) is 11.6 Å². The summed E-state index contributed by atoms with van der Waals surface area (Å²) in [5.41, 5.74) is 4.61. The summed E-state index contributed by atoms with van der Waals surface area (Å²) in [5.74, 6) is 1.13. The van der Waals surface area contributed by atoms with Crippen molar-refractivity contribution in [1.82, 2.24) is 4.57 Å². The number of halogens is 1. The molecule has 0 saturated heterocycles. The molecule has 4 aromatic rings. The van der Waals surface area contributed by atoms with Crippen LogP contribution >= 0.6 is 11.3 Å². The van der Waals surface area contributed by atoms with Crippen molar-refractivity contribution in [3.63, 3.8) is 0 Å². The first-order valence-corrected chi connectivity index (χ1v) is 10.6. The molecule has 2 aliphatic rings. The molecule has 28 heavy (non-hydrogen) atoms. The lowest BCUT2D eigenvalue weighted by atomic mass is 10.1. The summed E-state index contributed by atoms with van der Waals surface area (Å²) in [6.07, 6.45) is 2.31. The van der Waals surface area contributed by atoms with Gasteiger partial charge in [-0.3, -0.25) is 4.57 Å². The van der Waals surface area contributed by atoms with E-state index in [4.69, 9.17) is 4.74 Å². The maximum atomic E-state index is 15.0. The number of hydrogen-bond donors (Lipinski definition) is 0. The Morgan fingerprint density at radius 1 is 0.964 bits per heavy atom. The zero-order chi connectivity index (χ0) is 19.0. The predicted octanol–water partition coefficient (Wildman–Crippen LogP) is 6.94. The molecule has 1 atom stereocenters. The zero-order valence-electron chi connectivity index (χ0n) is 15.8. The lowest BCUT2D eigenvalue weighted by Gasteiger charge is -2.30. The first-order chi connectivity index (χ1) is 13.6. The third kappa shape index (κ3) is 2.37. The predicted molar refractivity (Wildman–Crippen MR) is 112 cm³/mol. The van der Waals surface area contributed by atoms with Crippen molar-refractivity contribution in [3.8, 4) is 17.0 Å². The van der Waals surface area contributed by atoms with E-state index >= 15 is 0 Å². The molecule has 0 N–H and O–H groups in total. The Morgan fingerprint density at radius 3 is 2.61 bits per heavy atom. The average Bonchev–Trinajstić information content (AvgIpc) is 3.26. The molecule has 1 saturated carbocycles. The molecule has 2 aromatic carbocycles. The van der Waals surface area contributed by atoms with Crippen LogP contribution in [0.5, 0.6) is 5.75 Å². The number of rotatable bonds is 2. The fourth-order valence-electron chi connectivity index (χ4n) is 4.30. The number of thiophene rings is 1. The normalized spacial score (nSPS) is 18.0. The highest BCUT2D eigenvalue weighted by atomic mass is 32.1. The van der Waals surface area contributed by atoms with Gasteiger partial charge in [0.15, 0.2) is 0 Å². The molecule has 1 fully saturated rings. The second-order valence-electron chi connectivity index (χ2n) is 8.07. The van der Waals surface area contributed by atoms with Crippen LogP contribution in [0.4, 0.5) is 4.39 Å². The van der Waals surface area contributed by atoms with Crippen LogP contribution in [0, 0.1) is 19.7 Å². The van der Waals surface area contributed by atoms with E-state index in [1.165, 1.54) is 28.2 Å². The molecule has 4 heteroatoms. The fraction of sp³-hybridized carbons (Fsp3) is 0.250. The van der Waals surface area contributed by atoms with Crippen molar-refractivity contribution in [3.05, 3.63) is 75.2 Å². The van der Waals surface area contributed by atoms with Crippen LogP contribution in [-0.2, 0) is 0 Å². The second kappa shape index (κ2) is 5.71. The standard InChI is InChI=1S/C24H20FNOS/c1-13-3-6-18-16(9-13)12-19-23-17(25)10-14(2)11-20(23)27-24(26(18)19)22-8-7-21(28-22)15-4-5-15/h3,6-12,15,24H,4-5H2,1-2H3. The minimum atomic E-state index is -0.263. The van der Waals surface area contributed by atoms with Crippen molar-refractivity contribution in [1.29, 1.82) is 0 Å². The van der Waals surface area contributed by atoms with E-state index in [0.717, 1.165) is 28.1 Å². The van der Waals surface area contributed by atoms with Crippen molar-refractivity contribution < 1.29 is 9.13 Å². The van der Waals surface area contributed by atoms with Gasteiger partial charge in [0.25, 0.3) is 0 Å². The molecule has 0 amide bonds. The molecular formula is C24H20FNOS. The van der Waals surface area contributed by atoms with Gasteiger partial charge in [0.2, 0.25) is 6.23 Å². The van der Waals surface area contributed by atoms with Crippen LogP contribution in [0.1, 0.15) is 45.9 Å². The summed E-state index contributed by atoms with van der Waals surface area (Å²) in [6.45, 7) is 3.99. The smallest absolute Gasteiger partial charge is 0.212 e. The molecule has 6 rings (SSSR count). The van der Waals surface area contributed by atoms with Gasteiger partial charge in [-0.2, -0.15) is 0 Å². The number of hydrogen-bond acceptors (Lipinski definition) is 2. The van der Waals surface area contributed by atoms with E-state index < -0.39 is 0 Å². The molecule has 1 unspecified atom stereocenters. The van der Waals surface area contributed by atoms with Gasteiger partial charge in [0.05, 0.1) is 21.7 Å². The molecule has 0 spiro atoms. The summed E-state index contributed by atoms with van der Waals surface area (Å²) in [4.78, 5) is 2.61.